The van der Waals surface area contributed by atoms with E-state index in [1.165, 1.54) is 9.31 Å². The molecule has 26 heavy (non-hydrogen) atoms. The van der Waals surface area contributed by atoms with E-state index >= 15 is 0 Å². The second-order valence-corrected chi connectivity index (χ2v) is 11.2. The quantitative estimate of drug-likeness (QED) is 0.677. The molecule has 150 valence electrons. The first kappa shape index (κ1) is 20.6. The van der Waals surface area contributed by atoms with Crippen LogP contribution in [-0.2, 0) is 19.6 Å². The maximum Gasteiger partial charge on any atom is 0.256 e. The Morgan fingerprint density at radius 2 is 1.96 bits per heavy atom. The molecule has 3 rings (SSSR count). The molecule has 3 fully saturated rings. The first-order valence-electron chi connectivity index (χ1n) is 9.01. The zero-order valence-electron chi connectivity index (χ0n) is 15.3. The summed E-state index contributed by atoms with van der Waals surface area (Å²) in [7, 11) is -0.114. The van der Waals surface area contributed by atoms with E-state index in [-0.39, 0.29) is 35.2 Å². The smallest absolute Gasteiger partial charge is 0.256 e. The number of ether oxygens (including phenoxy) is 1. The average Bonchev–Trinajstić information content (AvgIpc) is 2.95. The van der Waals surface area contributed by atoms with E-state index in [1.54, 1.807) is 14.1 Å². The Labute approximate surface area is 165 Å². The maximum absolute atomic E-state index is 12.6. The minimum atomic E-state index is -3.29. The normalized spacial score (nSPS) is 41.5. The minimum absolute atomic E-state index is 0.0429. The van der Waals surface area contributed by atoms with Crippen molar-refractivity contribution in [3.8, 4) is 0 Å². The number of fused-ring (bicyclic) bond motifs is 1. The summed E-state index contributed by atoms with van der Waals surface area (Å²) in [6, 6.07) is 0. The van der Waals surface area contributed by atoms with Gasteiger partial charge in [0.15, 0.2) is 0 Å². The van der Waals surface area contributed by atoms with Crippen LogP contribution in [0.25, 0.3) is 0 Å². The van der Waals surface area contributed by atoms with Gasteiger partial charge in [0.1, 0.15) is 5.38 Å². The largest absolute Gasteiger partial charge is 0.373 e. The Morgan fingerprint density at radius 1 is 1.27 bits per heavy atom. The van der Waals surface area contributed by atoms with Crippen molar-refractivity contribution in [2.24, 2.45) is 11.8 Å². The van der Waals surface area contributed by atoms with E-state index in [2.05, 4.69) is 5.43 Å². The highest BCUT2D eigenvalue weighted by Crippen LogP contribution is 2.42. The fourth-order valence-corrected chi connectivity index (χ4v) is 6.41. The summed E-state index contributed by atoms with van der Waals surface area (Å²) < 4.78 is 32.6. The van der Waals surface area contributed by atoms with Gasteiger partial charge in [-0.3, -0.25) is 9.80 Å². The third-order valence-electron chi connectivity index (χ3n) is 5.81. The number of sulfonamides is 1. The van der Waals surface area contributed by atoms with Gasteiger partial charge in [-0.1, -0.05) is 6.92 Å². The molecule has 0 aromatic heterocycles. The summed E-state index contributed by atoms with van der Waals surface area (Å²) in [5.74, 6) is 0.00239. The Hall–Kier alpha value is -0.120. The Balaban J connectivity index is 1.62. The Kier molecular flexibility index (Phi) is 6.12. The molecule has 1 N–H and O–H groups in total. The fraction of sp³-hybridized carbons (Fsp3) is 0.938. The summed E-state index contributed by atoms with van der Waals surface area (Å²) in [6.07, 6.45) is 2.01. The van der Waals surface area contributed by atoms with E-state index in [9.17, 15) is 13.2 Å². The lowest BCUT2D eigenvalue weighted by Gasteiger charge is -2.36. The van der Waals surface area contributed by atoms with Crippen molar-refractivity contribution in [1.82, 2.24) is 14.7 Å². The molecule has 2 aliphatic heterocycles. The van der Waals surface area contributed by atoms with Crippen LogP contribution in [0.2, 0.25) is 0 Å². The second-order valence-electron chi connectivity index (χ2n) is 7.84. The van der Waals surface area contributed by atoms with Crippen molar-refractivity contribution in [2.75, 3.05) is 27.2 Å². The number of amides is 1. The highest BCUT2D eigenvalue weighted by Gasteiger charge is 2.48. The van der Waals surface area contributed by atoms with Gasteiger partial charge in [0.25, 0.3) is 5.91 Å². The SMILES string of the molecule is CC1CC2OC(CN3NCC(Cl)C(Cl)C3=O)CC2CC1S(=O)(=O)N(C)C. The van der Waals surface area contributed by atoms with E-state index < -0.39 is 20.8 Å². The number of carbonyl (C=O) groups excluding carboxylic acids is 1. The maximum atomic E-state index is 12.6. The van der Waals surface area contributed by atoms with Gasteiger partial charge in [-0.2, -0.15) is 0 Å². The van der Waals surface area contributed by atoms with Gasteiger partial charge in [0.05, 0.1) is 29.4 Å². The number of hydrogen-bond acceptors (Lipinski definition) is 5. The van der Waals surface area contributed by atoms with Crippen molar-refractivity contribution in [3.63, 3.8) is 0 Å². The van der Waals surface area contributed by atoms with Crippen molar-refractivity contribution in [1.29, 1.82) is 0 Å². The lowest BCUT2D eigenvalue weighted by Crippen LogP contribution is -2.58. The van der Waals surface area contributed by atoms with Crippen LogP contribution in [0.4, 0.5) is 0 Å². The Bertz CT molecular complexity index is 647. The van der Waals surface area contributed by atoms with Crippen molar-refractivity contribution >= 4 is 39.1 Å². The van der Waals surface area contributed by atoms with Crippen LogP contribution in [0, 0.1) is 11.8 Å². The number of rotatable bonds is 4. The monoisotopic (exact) mass is 427 g/mol. The summed E-state index contributed by atoms with van der Waals surface area (Å²) >= 11 is 12.1. The van der Waals surface area contributed by atoms with Crippen LogP contribution >= 0.6 is 23.2 Å². The molecule has 7 unspecified atom stereocenters. The molecule has 0 spiro atoms. The zero-order chi connectivity index (χ0) is 19.2. The van der Waals surface area contributed by atoms with Crippen LogP contribution in [0.3, 0.4) is 0 Å². The molecule has 10 heteroatoms. The van der Waals surface area contributed by atoms with Crippen molar-refractivity contribution in [2.45, 2.75) is 54.4 Å². The number of carbonyl (C=O) groups is 1. The lowest BCUT2D eigenvalue weighted by molar-refractivity contribution is -0.139. The molecule has 0 aromatic carbocycles. The summed E-state index contributed by atoms with van der Waals surface area (Å²) in [4.78, 5) is 12.3. The van der Waals surface area contributed by atoms with Crippen LogP contribution < -0.4 is 5.43 Å². The second kappa shape index (κ2) is 7.72. The van der Waals surface area contributed by atoms with Crippen LogP contribution in [0.5, 0.6) is 0 Å². The van der Waals surface area contributed by atoms with E-state index in [0.29, 0.717) is 19.5 Å². The first-order chi connectivity index (χ1) is 12.1. The predicted octanol–water partition coefficient (Wildman–Crippen LogP) is 1.01. The number of alkyl halides is 2. The molecule has 7 nitrogen and oxygen atoms in total. The minimum Gasteiger partial charge on any atom is -0.373 e. The summed E-state index contributed by atoms with van der Waals surface area (Å²) in [5.41, 5.74) is 3.00. The molecule has 1 amide bonds. The standard InChI is InChI=1S/C16H27Cl2N3O4S/c1-9-4-13-10(6-14(9)26(23,24)20(2)3)5-11(25-13)8-21-16(22)15(18)12(17)7-19-21/h9-15,19H,4-8H2,1-3H3. The highest BCUT2D eigenvalue weighted by molar-refractivity contribution is 7.89. The first-order valence-corrected chi connectivity index (χ1v) is 11.4. The van der Waals surface area contributed by atoms with Crippen molar-refractivity contribution in [3.05, 3.63) is 0 Å². The van der Waals surface area contributed by atoms with Gasteiger partial charge in [0, 0.05) is 20.6 Å². The van der Waals surface area contributed by atoms with Gasteiger partial charge in [-0.05, 0) is 31.1 Å². The number of hydrazine groups is 1. The third-order valence-corrected chi connectivity index (χ3v) is 9.27. The average molecular weight is 428 g/mol. The molecule has 1 aliphatic carbocycles. The van der Waals surface area contributed by atoms with E-state index in [4.69, 9.17) is 27.9 Å². The van der Waals surface area contributed by atoms with Crippen LogP contribution in [0.15, 0.2) is 0 Å². The topological polar surface area (TPSA) is 79.0 Å². The molecular weight excluding hydrogens is 401 g/mol. The van der Waals surface area contributed by atoms with E-state index in [1.807, 2.05) is 6.92 Å². The molecule has 2 saturated heterocycles. The number of nitrogens with zero attached hydrogens (tertiary/aromatic N) is 2. The number of nitrogens with one attached hydrogen (secondary N) is 1. The third kappa shape index (κ3) is 3.86. The van der Waals surface area contributed by atoms with Crippen LogP contribution in [0.1, 0.15) is 26.2 Å². The lowest BCUT2D eigenvalue weighted by atomic mass is 9.79. The molecule has 0 bridgehead atoms. The molecule has 3 aliphatic rings. The predicted molar refractivity (Wildman–Crippen MR) is 101 cm³/mol. The van der Waals surface area contributed by atoms with Gasteiger partial charge in [-0.25, -0.2) is 18.1 Å². The molecule has 0 aromatic rings. The van der Waals surface area contributed by atoms with Gasteiger partial charge in [0.2, 0.25) is 10.0 Å². The molecule has 2 heterocycles. The zero-order valence-corrected chi connectivity index (χ0v) is 17.6. The van der Waals surface area contributed by atoms with E-state index in [0.717, 1.165) is 12.8 Å². The van der Waals surface area contributed by atoms with Gasteiger partial charge >= 0.3 is 0 Å². The highest BCUT2D eigenvalue weighted by atomic mass is 35.5. The summed E-state index contributed by atoms with van der Waals surface area (Å²) in [5, 5.41) is -0.0441. The molecule has 7 atom stereocenters. The number of halogens is 2. The fourth-order valence-electron chi connectivity index (χ4n) is 4.29. The number of hydrogen-bond donors (Lipinski definition) is 1. The van der Waals surface area contributed by atoms with Gasteiger partial charge < -0.3 is 4.74 Å². The molecule has 1 saturated carbocycles. The van der Waals surface area contributed by atoms with Crippen LogP contribution in [-0.4, -0.2) is 79.0 Å². The van der Waals surface area contributed by atoms with Crippen molar-refractivity contribution < 1.29 is 17.9 Å². The summed E-state index contributed by atoms with van der Waals surface area (Å²) in [6.45, 7) is 2.81. The molecular formula is C16H27Cl2N3O4S. The van der Waals surface area contributed by atoms with Gasteiger partial charge in [-0.15, -0.1) is 23.2 Å². The molecule has 0 radical (unpaired) electrons. The Morgan fingerprint density at radius 3 is 2.62 bits per heavy atom.